The minimum atomic E-state index is 0.390. The van der Waals surface area contributed by atoms with E-state index in [-0.39, 0.29) is 0 Å². The SMILES string of the molecule is COc1ccc(-c2c(Br)c(C#N)nn2C)cc1C. The van der Waals surface area contributed by atoms with E-state index in [9.17, 15) is 0 Å². The van der Waals surface area contributed by atoms with E-state index in [1.165, 1.54) is 0 Å². The van der Waals surface area contributed by atoms with E-state index in [4.69, 9.17) is 10.00 Å². The highest BCUT2D eigenvalue weighted by Gasteiger charge is 2.15. The Morgan fingerprint density at radius 3 is 2.67 bits per heavy atom. The van der Waals surface area contributed by atoms with Gasteiger partial charge in [0.25, 0.3) is 0 Å². The smallest absolute Gasteiger partial charge is 0.177 e. The maximum atomic E-state index is 8.96. The third-order valence-electron chi connectivity index (χ3n) is 2.76. The summed E-state index contributed by atoms with van der Waals surface area (Å²) in [6.45, 7) is 1.98. The molecule has 0 spiro atoms. The van der Waals surface area contributed by atoms with Crippen LogP contribution in [0.1, 0.15) is 11.3 Å². The Labute approximate surface area is 114 Å². The van der Waals surface area contributed by atoms with E-state index in [1.54, 1.807) is 11.8 Å². The molecule has 18 heavy (non-hydrogen) atoms. The number of hydrogen-bond acceptors (Lipinski definition) is 3. The van der Waals surface area contributed by atoms with Crippen molar-refractivity contribution in [1.29, 1.82) is 5.26 Å². The van der Waals surface area contributed by atoms with Gasteiger partial charge in [0.1, 0.15) is 11.8 Å². The Morgan fingerprint density at radius 2 is 2.17 bits per heavy atom. The van der Waals surface area contributed by atoms with Crippen LogP contribution in [0.3, 0.4) is 0 Å². The largest absolute Gasteiger partial charge is 0.496 e. The van der Waals surface area contributed by atoms with E-state index in [1.807, 2.05) is 32.2 Å². The first-order valence-corrected chi connectivity index (χ1v) is 6.15. The molecule has 92 valence electrons. The molecule has 0 aliphatic heterocycles. The summed E-state index contributed by atoms with van der Waals surface area (Å²) >= 11 is 3.42. The summed E-state index contributed by atoms with van der Waals surface area (Å²) in [5.74, 6) is 0.845. The van der Waals surface area contributed by atoms with Crippen LogP contribution in [0.2, 0.25) is 0 Å². The van der Waals surface area contributed by atoms with Gasteiger partial charge >= 0.3 is 0 Å². The number of hydrogen-bond donors (Lipinski definition) is 0. The molecule has 0 aliphatic carbocycles. The molecule has 0 bridgehead atoms. The highest BCUT2D eigenvalue weighted by atomic mass is 79.9. The van der Waals surface area contributed by atoms with Crippen LogP contribution in [-0.2, 0) is 7.05 Å². The third-order valence-corrected chi connectivity index (χ3v) is 3.51. The van der Waals surface area contributed by atoms with E-state index in [2.05, 4.69) is 27.1 Å². The molecule has 0 amide bonds. The van der Waals surface area contributed by atoms with Crippen LogP contribution in [0.25, 0.3) is 11.3 Å². The Bertz CT molecular complexity index is 640. The van der Waals surface area contributed by atoms with Crippen molar-refractivity contribution in [3.05, 3.63) is 33.9 Å². The van der Waals surface area contributed by atoms with Crippen LogP contribution in [0.4, 0.5) is 0 Å². The minimum Gasteiger partial charge on any atom is -0.496 e. The lowest BCUT2D eigenvalue weighted by Crippen LogP contribution is -1.95. The number of rotatable bonds is 2. The van der Waals surface area contributed by atoms with Gasteiger partial charge in [-0.15, -0.1) is 0 Å². The molecule has 0 aliphatic rings. The van der Waals surface area contributed by atoms with Crippen molar-refractivity contribution in [3.63, 3.8) is 0 Å². The molecule has 4 nitrogen and oxygen atoms in total. The fourth-order valence-electron chi connectivity index (χ4n) is 1.91. The van der Waals surface area contributed by atoms with Gasteiger partial charge in [0.2, 0.25) is 0 Å². The summed E-state index contributed by atoms with van der Waals surface area (Å²) in [5, 5.41) is 13.1. The second-order valence-corrected chi connectivity index (χ2v) is 4.72. The van der Waals surface area contributed by atoms with Crippen LogP contribution in [0, 0.1) is 18.3 Å². The molecule has 1 heterocycles. The van der Waals surface area contributed by atoms with Gasteiger partial charge in [-0.25, -0.2) is 0 Å². The third kappa shape index (κ3) is 2.00. The first kappa shape index (κ1) is 12.7. The molecule has 0 atom stereocenters. The molecule has 0 N–H and O–H groups in total. The van der Waals surface area contributed by atoms with Gasteiger partial charge in [-0.2, -0.15) is 10.4 Å². The van der Waals surface area contributed by atoms with E-state index in [0.717, 1.165) is 27.0 Å². The summed E-state index contributed by atoms with van der Waals surface area (Å²) in [6, 6.07) is 7.94. The molecular formula is C13H12BrN3O. The van der Waals surface area contributed by atoms with Crippen LogP contribution in [0.5, 0.6) is 5.75 Å². The lowest BCUT2D eigenvalue weighted by atomic mass is 10.1. The second-order valence-electron chi connectivity index (χ2n) is 3.93. The topological polar surface area (TPSA) is 50.8 Å². The molecule has 2 aromatic rings. The number of aryl methyl sites for hydroxylation is 2. The Morgan fingerprint density at radius 1 is 1.44 bits per heavy atom. The summed E-state index contributed by atoms with van der Waals surface area (Å²) in [4.78, 5) is 0. The van der Waals surface area contributed by atoms with E-state index in [0.29, 0.717) is 5.69 Å². The average molecular weight is 306 g/mol. The van der Waals surface area contributed by atoms with Gasteiger partial charge < -0.3 is 4.74 Å². The van der Waals surface area contributed by atoms with Crippen LogP contribution in [0.15, 0.2) is 22.7 Å². The maximum absolute atomic E-state index is 8.96. The molecule has 0 radical (unpaired) electrons. The maximum Gasteiger partial charge on any atom is 0.177 e. The summed E-state index contributed by atoms with van der Waals surface area (Å²) < 4.78 is 7.65. The fraction of sp³-hybridized carbons (Fsp3) is 0.231. The van der Waals surface area contributed by atoms with Crippen molar-refractivity contribution >= 4 is 15.9 Å². The Kier molecular flexibility index (Phi) is 3.39. The molecule has 0 saturated heterocycles. The van der Waals surface area contributed by atoms with E-state index >= 15 is 0 Å². The van der Waals surface area contributed by atoms with Crippen molar-refractivity contribution in [2.75, 3.05) is 7.11 Å². The number of benzene rings is 1. The normalized spacial score (nSPS) is 10.2. The molecule has 5 heteroatoms. The average Bonchev–Trinajstić information content (AvgIpc) is 2.64. The Hall–Kier alpha value is -1.80. The zero-order chi connectivity index (χ0) is 13.3. The second kappa shape index (κ2) is 4.83. The van der Waals surface area contributed by atoms with Gasteiger partial charge in [0, 0.05) is 12.6 Å². The highest BCUT2D eigenvalue weighted by molar-refractivity contribution is 9.10. The number of ether oxygens (including phenoxy) is 1. The zero-order valence-electron chi connectivity index (χ0n) is 10.4. The van der Waals surface area contributed by atoms with Gasteiger partial charge in [0.05, 0.1) is 17.3 Å². The molecule has 0 fully saturated rings. The molecular weight excluding hydrogens is 294 g/mol. The summed E-state index contributed by atoms with van der Waals surface area (Å²) in [7, 11) is 3.47. The molecule has 1 aromatic heterocycles. The first-order chi connectivity index (χ1) is 8.58. The molecule has 2 rings (SSSR count). The lowest BCUT2D eigenvalue weighted by molar-refractivity contribution is 0.412. The molecule has 0 saturated carbocycles. The van der Waals surface area contributed by atoms with Crippen molar-refractivity contribution < 1.29 is 4.74 Å². The first-order valence-electron chi connectivity index (χ1n) is 5.36. The minimum absolute atomic E-state index is 0.390. The highest BCUT2D eigenvalue weighted by Crippen LogP contribution is 2.32. The lowest BCUT2D eigenvalue weighted by Gasteiger charge is -2.08. The number of aromatic nitrogens is 2. The predicted molar refractivity (Wildman–Crippen MR) is 72.3 cm³/mol. The monoisotopic (exact) mass is 305 g/mol. The van der Waals surface area contributed by atoms with Crippen molar-refractivity contribution in [1.82, 2.24) is 9.78 Å². The number of methoxy groups -OCH3 is 1. The van der Waals surface area contributed by atoms with Gasteiger partial charge in [-0.05, 0) is 46.6 Å². The quantitative estimate of drug-likeness (QED) is 0.857. The van der Waals surface area contributed by atoms with Crippen molar-refractivity contribution in [2.45, 2.75) is 6.92 Å². The van der Waals surface area contributed by atoms with Crippen molar-refractivity contribution in [3.8, 4) is 23.1 Å². The van der Waals surface area contributed by atoms with Crippen LogP contribution >= 0.6 is 15.9 Å². The van der Waals surface area contributed by atoms with Crippen molar-refractivity contribution in [2.24, 2.45) is 7.05 Å². The number of nitriles is 1. The van der Waals surface area contributed by atoms with Crippen LogP contribution in [-0.4, -0.2) is 16.9 Å². The summed E-state index contributed by atoms with van der Waals surface area (Å²) in [5.41, 5.74) is 3.32. The molecule has 1 aromatic carbocycles. The summed E-state index contributed by atoms with van der Waals surface area (Å²) in [6.07, 6.45) is 0. The van der Waals surface area contributed by atoms with Crippen LogP contribution < -0.4 is 4.74 Å². The standard InChI is InChI=1S/C13H12BrN3O/c1-8-6-9(4-5-11(8)18-3)13-12(14)10(7-15)16-17(13)2/h4-6H,1-3H3. The van der Waals surface area contributed by atoms with Gasteiger partial charge in [-0.1, -0.05) is 0 Å². The zero-order valence-corrected chi connectivity index (χ0v) is 11.9. The van der Waals surface area contributed by atoms with Gasteiger partial charge in [0.15, 0.2) is 5.69 Å². The fourth-order valence-corrected chi connectivity index (χ4v) is 2.56. The number of halogens is 1. The predicted octanol–water partition coefficient (Wildman–Crippen LogP) is 3.04. The number of nitrogens with zero attached hydrogens (tertiary/aromatic N) is 3. The van der Waals surface area contributed by atoms with Gasteiger partial charge in [-0.3, -0.25) is 4.68 Å². The molecule has 0 unspecified atom stereocenters. The van der Waals surface area contributed by atoms with E-state index < -0.39 is 0 Å². The Balaban J connectivity index is 2.60.